The lowest BCUT2D eigenvalue weighted by Gasteiger charge is -2.09. The van der Waals surface area contributed by atoms with Crippen LogP contribution >= 0.6 is 0 Å². The molecule has 134 valence electrons. The molecule has 2 amide bonds. The molecule has 3 aromatic rings. The minimum Gasteiger partial charge on any atom is -0.319 e. The number of nitrogens with one attached hydrogen (secondary N) is 2. The Morgan fingerprint density at radius 3 is 2.12 bits per heavy atom. The Hall–Kier alpha value is -3.49. The van der Waals surface area contributed by atoms with Gasteiger partial charge in [0.25, 0.3) is 11.8 Å². The van der Waals surface area contributed by atoms with Crippen molar-refractivity contribution < 1.29 is 14.0 Å². The molecular formula is C17H17FN6O2. The van der Waals surface area contributed by atoms with Crippen molar-refractivity contribution in [3.63, 3.8) is 0 Å². The van der Waals surface area contributed by atoms with Crippen molar-refractivity contribution in [2.24, 2.45) is 14.1 Å². The van der Waals surface area contributed by atoms with E-state index in [9.17, 15) is 14.0 Å². The molecule has 1 aromatic carbocycles. The molecule has 0 aliphatic rings. The molecule has 0 unspecified atom stereocenters. The van der Waals surface area contributed by atoms with E-state index in [-0.39, 0.29) is 16.9 Å². The second kappa shape index (κ2) is 6.79. The fraction of sp³-hybridized carbons (Fsp3) is 0.176. The highest BCUT2D eigenvalue weighted by Crippen LogP contribution is 2.19. The number of rotatable bonds is 4. The molecule has 0 atom stereocenters. The fourth-order valence-corrected chi connectivity index (χ4v) is 2.40. The van der Waals surface area contributed by atoms with Crippen molar-refractivity contribution in [2.45, 2.75) is 6.92 Å². The number of amides is 2. The number of benzene rings is 1. The quantitative estimate of drug-likeness (QED) is 0.749. The number of nitrogens with zero attached hydrogens (tertiary/aromatic N) is 4. The number of aryl methyl sites for hydroxylation is 2. The Morgan fingerprint density at radius 1 is 0.923 bits per heavy atom. The number of halogens is 1. The molecule has 0 spiro atoms. The van der Waals surface area contributed by atoms with Crippen molar-refractivity contribution in [3.05, 3.63) is 59.4 Å². The zero-order chi connectivity index (χ0) is 18.8. The summed E-state index contributed by atoms with van der Waals surface area (Å²) in [6, 6.07) is 5.10. The van der Waals surface area contributed by atoms with E-state index in [1.165, 1.54) is 35.1 Å². The number of anilines is 2. The lowest BCUT2D eigenvalue weighted by atomic mass is 10.2. The lowest BCUT2D eigenvalue weighted by Crippen LogP contribution is -2.20. The molecule has 2 aromatic heterocycles. The number of carbonyl (C=O) groups excluding carboxylic acids is 2. The molecule has 0 fully saturated rings. The molecule has 3 rings (SSSR count). The van der Waals surface area contributed by atoms with Crippen LogP contribution in [0.2, 0.25) is 0 Å². The maximum Gasteiger partial charge on any atom is 0.276 e. The van der Waals surface area contributed by atoms with Gasteiger partial charge < -0.3 is 10.6 Å². The number of hydrogen-bond acceptors (Lipinski definition) is 4. The molecule has 0 radical (unpaired) electrons. The topological polar surface area (TPSA) is 93.8 Å². The van der Waals surface area contributed by atoms with E-state index in [0.29, 0.717) is 5.69 Å². The Labute approximate surface area is 148 Å². The fourth-order valence-electron chi connectivity index (χ4n) is 2.40. The van der Waals surface area contributed by atoms with Crippen LogP contribution in [0.25, 0.3) is 0 Å². The van der Waals surface area contributed by atoms with Gasteiger partial charge >= 0.3 is 0 Å². The summed E-state index contributed by atoms with van der Waals surface area (Å²) in [6.45, 7) is 1.82. The van der Waals surface area contributed by atoms with Crippen molar-refractivity contribution in [1.82, 2.24) is 19.6 Å². The van der Waals surface area contributed by atoms with E-state index in [4.69, 9.17) is 0 Å². The van der Waals surface area contributed by atoms with E-state index >= 15 is 0 Å². The highest BCUT2D eigenvalue weighted by atomic mass is 19.1. The van der Waals surface area contributed by atoms with Crippen molar-refractivity contribution >= 4 is 23.2 Å². The van der Waals surface area contributed by atoms with Gasteiger partial charge in [0.2, 0.25) is 0 Å². The van der Waals surface area contributed by atoms with E-state index in [0.717, 1.165) is 5.69 Å². The second-order valence-electron chi connectivity index (χ2n) is 5.71. The molecule has 2 heterocycles. The van der Waals surface area contributed by atoms with Crippen LogP contribution in [0.5, 0.6) is 0 Å². The number of carbonyl (C=O) groups is 2. The normalized spacial score (nSPS) is 10.6. The largest absolute Gasteiger partial charge is 0.319 e. The third-order valence-electron chi connectivity index (χ3n) is 3.99. The summed E-state index contributed by atoms with van der Waals surface area (Å²) in [6.07, 6.45) is 2.92. The van der Waals surface area contributed by atoms with Gasteiger partial charge in [-0.05, 0) is 31.2 Å². The first-order valence-corrected chi connectivity index (χ1v) is 7.75. The van der Waals surface area contributed by atoms with Gasteiger partial charge in [0.15, 0.2) is 0 Å². The molecule has 0 aliphatic heterocycles. The molecule has 2 N–H and O–H groups in total. The molecule has 0 saturated carbocycles. The van der Waals surface area contributed by atoms with Gasteiger partial charge in [0.05, 0.1) is 29.5 Å². The van der Waals surface area contributed by atoms with E-state index in [2.05, 4.69) is 20.8 Å². The Balaban J connectivity index is 1.82. The van der Waals surface area contributed by atoms with Crippen LogP contribution in [0.3, 0.4) is 0 Å². The maximum atomic E-state index is 13.0. The van der Waals surface area contributed by atoms with Crippen LogP contribution in [0.1, 0.15) is 26.5 Å². The average molecular weight is 356 g/mol. The SMILES string of the molecule is Cc1c(NC(=O)c2c(NC(=O)c3ccc(F)cc3)cnn2C)cnn1C. The second-order valence-corrected chi connectivity index (χ2v) is 5.71. The zero-order valence-electron chi connectivity index (χ0n) is 14.4. The van der Waals surface area contributed by atoms with Gasteiger partial charge in [-0.2, -0.15) is 10.2 Å². The molecular weight excluding hydrogens is 339 g/mol. The summed E-state index contributed by atoms with van der Waals surface area (Å²) in [5.74, 6) is -1.34. The van der Waals surface area contributed by atoms with Gasteiger partial charge in [0.1, 0.15) is 11.5 Å². The van der Waals surface area contributed by atoms with Gasteiger partial charge in [-0.1, -0.05) is 0 Å². The van der Waals surface area contributed by atoms with Gasteiger partial charge in [-0.25, -0.2) is 4.39 Å². The van der Waals surface area contributed by atoms with Crippen LogP contribution in [-0.4, -0.2) is 31.4 Å². The molecule has 0 saturated heterocycles. The summed E-state index contributed by atoms with van der Waals surface area (Å²) in [7, 11) is 3.36. The minimum absolute atomic E-state index is 0.184. The smallest absolute Gasteiger partial charge is 0.276 e. The monoisotopic (exact) mass is 356 g/mol. The van der Waals surface area contributed by atoms with Crippen LogP contribution in [0.4, 0.5) is 15.8 Å². The number of aromatic nitrogens is 4. The average Bonchev–Trinajstić information content (AvgIpc) is 3.12. The maximum absolute atomic E-state index is 13.0. The van der Waals surface area contributed by atoms with Crippen LogP contribution in [-0.2, 0) is 14.1 Å². The highest BCUT2D eigenvalue weighted by molar-refractivity contribution is 6.11. The van der Waals surface area contributed by atoms with Gasteiger partial charge in [-0.3, -0.25) is 19.0 Å². The first-order chi connectivity index (χ1) is 12.4. The third kappa shape index (κ3) is 3.32. The van der Waals surface area contributed by atoms with E-state index < -0.39 is 17.6 Å². The Kier molecular flexibility index (Phi) is 4.53. The first-order valence-electron chi connectivity index (χ1n) is 7.75. The van der Waals surface area contributed by atoms with Gasteiger partial charge in [-0.15, -0.1) is 0 Å². The van der Waals surface area contributed by atoms with Gasteiger partial charge in [0, 0.05) is 19.7 Å². The molecule has 0 bridgehead atoms. The molecule has 9 heteroatoms. The minimum atomic E-state index is -0.468. The van der Waals surface area contributed by atoms with Crippen molar-refractivity contribution in [1.29, 1.82) is 0 Å². The summed E-state index contributed by atoms with van der Waals surface area (Å²) >= 11 is 0. The molecule has 0 aliphatic carbocycles. The zero-order valence-corrected chi connectivity index (χ0v) is 14.4. The lowest BCUT2D eigenvalue weighted by molar-refractivity contribution is 0.101. The van der Waals surface area contributed by atoms with Crippen LogP contribution < -0.4 is 10.6 Å². The van der Waals surface area contributed by atoms with E-state index in [1.807, 2.05) is 6.92 Å². The Bertz CT molecular complexity index is 974. The van der Waals surface area contributed by atoms with Crippen molar-refractivity contribution in [3.8, 4) is 0 Å². The predicted molar refractivity (Wildman–Crippen MR) is 93.5 cm³/mol. The van der Waals surface area contributed by atoms with Crippen molar-refractivity contribution in [2.75, 3.05) is 10.6 Å². The van der Waals surface area contributed by atoms with Crippen LogP contribution in [0.15, 0.2) is 36.7 Å². The standard InChI is InChI=1S/C17H17FN6O2/c1-10-13(8-19-23(10)2)21-17(26)15-14(9-20-24(15)3)22-16(25)11-4-6-12(18)7-5-11/h4-9H,1-3H3,(H,21,26)(H,22,25). The highest BCUT2D eigenvalue weighted by Gasteiger charge is 2.20. The van der Waals surface area contributed by atoms with E-state index in [1.54, 1.807) is 25.0 Å². The summed E-state index contributed by atoms with van der Waals surface area (Å²) in [4.78, 5) is 24.9. The third-order valence-corrected chi connectivity index (χ3v) is 3.99. The molecule has 26 heavy (non-hydrogen) atoms. The summed E-state index contributed by atoms with van der Waals surface area (Å²) in [5.41, 5.74) is 2.06. The molecule has 8 nitrogen and oxygen atoms in total. The predicted octanol–water partition coefficient (Wildman–Crippen LogP) is 2.11. The van der Waals surface area contributed by atoms with Crippen LogP contribution in [0, 0.1) is 12.7 Å². The number of hydrogen-bond donors (Lipinski definition) is 2. The Morgan fingerprint density at radius 2 is 1.50 bits per heavy atom. The summed E-state index contributed by atoms with van der Waals surface area (Å²) in [5, 5.41) is 13.5. The first kappa shape index (κ1) is 17.3. The summed E-state index contributed by atoms with van der Waals surface area (Å²) < 4.78 is 16.0.